The van der Waals surface area contributed by atoms with Gasteiger partial charge < -0.3 is 14.4 Å². The molecule has 1 aromatic carbocycles. The number of nitrogens with zero attached hydrogens (tertiary/aromatic N) is 2. The quantitative estimate of drug-likeness (QED) is 0.829. The predicted molar refractivity (Wildman–Crippen MR) is 88.6 cm³/mol. The average Bonchev–Trinajstić information content (AvgIpc) is 2.53. The smallest absolute Gasteiger partial charge is 0.260 e. The molecule has 0 atom stereocenters. The van der Waals surface area contributed by atoms with E-state index in [0.29, 0.717) is 12.1 Å². The number of amides is 1. The zero-order chi connectivity index (χ0) is 16.2. The third-order valence-electron chi connectivity index (χ3n) is 4.99. The van der Waals surface area contributed by atoms with Gasteiger partial charge in [-0.2, -0.15) is 0 Å². The summed E-state index contributed by atoms with van der Waals surface area (Å²) in [4.78, 5) is 16.6. The minimum Gasteiger partial charge on any atom is -0.484 e. The van der Waals surface area contributed by atoms with E-state index in [4.69, 9.17) is 9.47 Å². The molecule has 5 heteroatoms. The summed E-state index contributed by atoms with van der Waals surface area (Å²) < 4.78 is 11.0. The highest BCUT2D eigenvalue weighted by Crippen LogP contribution is 2.22. The lowest BCUT2D eigenvalue weighted by atomic mass is 10.0. The first kappa shape index (κ1) is 16.3. The zero-order valence-electron chi connectivity index (χ0n) is 14.0. The van der Waals surface area contributed by atoms with Gasteiger partial charge >= 0.3 is 0 Å². The molecule has 0 radical (unpaired) electrons. The van der Waals surface area contributed by atoms with Crippen LogP contribution in [-0.2, 0) is 9.53 Å². The van der Waals surface area contributed by atoms with E-state index in [-0.39, 0.29) is 12.5 Å². The highest BCUT2D eigenvalue weighted by molar-refractivity contribution is 5.78. The average molecular weight is 318 g/mol. The monoisotopic (exact) mass is 318 g/mol. The predicted octanol–water partition coefficient (Wildman–Crippen LogP) is 1.70. The first-order chi connectivity index (χ1) is 11.2. The van der Waals surface area contributed by atoms with Gasteiger partial charge in [0.05, 0.1) is 6.10 Å². The summed E-state index contributed by atoms with van der Waals surface area (Å²) in [6.07, 6.45) is 2.60. The molecule has 0 spiro atoms. The molecule has 0 aliphatic carbocycles. The Kier molecular flexibility index (Phi) is 5.18. The topological polar surface area (TPSA) is 42.0 Å². The van der Waals surface area contributed by atoms with Crippen molar-refractivity contribution < 1.29 is 14.3 Å². The van der Waals surface area contributed by atoms with E-state index in [2.05, 4.69) is 4.90 Å². The zero-order valence-corrected chi connectivity index (χ0v) is 14.0. The molecule has 1 amide bonds. The molecule has 0 unspecified atom stereocenters. The molecule has 1 aromatic rings. The Labute approximate surface area is 138 Å². The van der Waals surface area contributed by atoms with Crippen LogP contribution in [0.5, 0.6) is 5.75 Å². The normalized spacial score (nSPS) is 20.3. The second-order valence-electron chi connectivity index (χ2n) is 6.48. The number of piperidine rings is 1. The van der Waals surface area contributed by atoms with Gasteiger partial charge in [0.25, 0.3) is 5.91 Å². The lowest BCUT2D eigenvalue weighted by molar-refractivity contribution is -0.141. The molecule has 2 saturated heterocycles. The van der Waals surface area contributed by atoms with Gasteiger partial charge in [0.15, 0.2) is 6.61 Å². The van der Waals surface area contributed by atoms with Crippen molar-refractivity contribution in [3.8, 4) is 5.75 Å². The van der Waals surface area contributed by atoms with Crippen molar-refractivity contribution in [2.75, 3.05) is 39.9 Å². The molecular formula is C18H26N2O3. The van der Waals surface area contributed by atoms with Crippen LogP contribution < -0.4 is 4.74 Å². The van der Waals surface area contributed by atoms with Crippen LogP contribution in [0.25, 0.3) is 0 Å². The number of ether oxygens (including phenoxy) is 2. The molecule has 23 heavy (non-hydrogen) atoms. The molecule has 0 bridgehead atoms. The number of benzene rings is 1. The fraction of sp³-hybridized carbons (Fsp3) is 0.611. The molecular weight excluding hydrogens is 292 g/mol. The van der Waals surface area contributed by atoms with Crippen molar-refractivity contribution in [1.82, 2.24) is 9.80 Å². The number of carbonyl (C=O) groups excluding carboxylic acids is 1. The minimum atomic E-state index is 0.0799. The van der Waals surface area contributed by atoms with Gasteiger partial charge in [-0.25, -0.2) is 0 Å². The van der Waals surface area contributed by atoms with Crippen molar-refractivity contribution in [2.24, 2.45) is 0 Å². The summed E-state index contributed by atoms with van der Waals surface area (Å²) in [5.41, 5.74) is 1.06. The van der Waals surface area contributed by atoms with Gasteiger partial charge in [0.1, 0.15) is 5.75 Å². The summed E-state index contributed by atoms with van der Waals surface area (Å²) >= 11 is 0. The van der Waals surface area contributed by atoms with E-state index in [0.717, 1.165) is 50.3 Å². The Bertz CT molecular complexity index is 535. The summed E-state index contributed by atoms with van der Waals surface area (Å²) in [6, 6.07) is 8.30. The van der Waals surface area contributed by atoms with E-state index >= 15 is 0 Å². The van der Waals surface area contributed by atoms with Crippen molar-refractivity contribution in [3.63, 3.8) is 0 Å². The van der Waals surface area contributed by atoms with E-state index in [1.54, 1.807) is 7.11 Å². The molecule has 0 aromatic heterocycles. The van der Waals surface area contributed by atoms with E-state index in [1.807, 2.05) is 36.1 Å². The van der Waals surface area contributed by atoms with Gasteiger partial charge in [0.2, 0.25) is 0 Å². The number of hydrogen-bond donors (Lipinski definition) is 0. The standard InChI is InChI=1S/C18H26N2O3/c1-14-5-3-4-6-17(14)23-13-18(21)20-11-15(12-20)19-9-7-16(22-2)8-10-19/h3-6,15-16H,7-13H2,1-2H3. The Balaban J connectivity index is 1.39. The largest absolute Gasteiger partial charge is 0.484 e. The molecule has 2 aliphatic rings. The van der Waals surface area contributed by atoms with E-state index in [1.165, 1.54) is 0 Å². The van der Waals surface area contributed by atoms with Crippen LogP contribution in [0.2, 0.25) is 0 Å². The Morgan fingerprint density at radius 2 is 1.91 bits per heavy atom. The number of rotatable bonds is 5. The maximum absolute atomic E-state index is 12.2. The number of hydrogen-bond acceptors (Lipinski definition) is 4. The van der Waals surface area contributed by atoms with Gasteiger partial charge in [-0.3, -0.25) is 9.69 Å². The van der Waals surface area contributed by atoms with Crippen molar-refractivity contribution in [1.29, 1.82) is 0 Å². The number of aryl methyl sites for hydroxylation is 1. The van der Waals surface area contributed by atoms with E-state index < -0.39 is 0 Å². The molecule has 5 nitrogen and oxygen atoms in total. The second-order valence-corrected chi connectivity index (χ2v) is 6.48. The third-order valence-corrected chi connectivity index (χ3v) is 4.99. The van der Waals surface area contributed by atoms with Crippen LogP contribution in [-0.4, -0.2) is 67.7 Å². The lowest BCUT2D eigenvalue weighted by Gasteiger charge is -2.47. The van der Waals surface area contributed by atoms with Crippen LogP contribution in [0.4, 0.5) is 0 Å². The molecule has 0 saturated carbocycles. The SMILES string of the molecule is COC1CCN(C2CN(C(=O)COc3ccccc3C)C2)CC1. The number of para-hydroxylation sites is 1. The second kappa shape index (κ2) is 7.32. The Hall–Kier alpha value is -1.59. The van der Waals surface area contributed by atoms with Crippen LogP contribution in [0.1, 0.15) is 18.4 Å². The van der Waals surface area contributed by atoms with Crippen molar-refractivity contribution >= 4 is 5.91 Å². The lowest BCUT2D eigenvalue weighted by Crippen LogP contribution is -2.63. The molecule has 0 N–H and O–H groups in total. The van der Waals surface area contributed by atoms with Crippen LogP contribution in [0, 0.1) is 6.92 Å². The number of carbonyl (C=O) groups is 1. The molecule has 2 fully saturated rings. The summed E-state index contributed by atoms with van der Waals surface area (Å²) in [5.74, 6) is 0.871. The Morgan fingerprint density at radius 1 is 1.22 bits per heavy atom. The number of methoxy groups -OCH3 is 1. The molecule has 126 valence electrons. The maximum atomic E-state index is 12.2. The fourth-order valence-corrected chi connectivity index (χ4v) is 3.32. The van der Waals surface area contributed by atoms with Gasteiger partial charge in [0, 0.05) is 39.3 Å². The maximum Gasteiger partial charge on any atom is 0.260 e. The van der Waals surface area contributed by atoms with Crippen LogP contribution in [0.15, 0.2) is 24.3 Å². The molecule has 2 aliphatic heterocycles. The first-order valence-corrected chi connectivity index (χ1v) is 8.40. The number of likely N-dealkylation sites (tertiary alicyclic amines) is 2. The van der Waals surface area contributed by atoms with Crippen LogP contribution >= 0.6 is 0 Å². The Morgan fingerprint density at radius 3 is 2.57 bits per heavy atom. The molecule has 3 rings (SSSR count). The van der Waals surface area contributed by atoms with Gasteiger partial charge in [-0.05, 0) is 31.4 Å². The fourth-order valence-electron chi connectivity index (χ4n) is 3.32. The van der Waals surface area contributed by atoms with Gasteiger partial charge in [-0.1, -0.05) is 18.2 Å². The van der Waals surface area contributed by atoms with Crippen LogP contribution in [0.3, 0.4) is 0 Å². The summed E-state index contributed by atoms with van der Waals surface area (Å²) in [6.45, 7) is 5.92. The summed E-state index contributed by atoms with van der Waals surface area (Å²) in [5, 5.41) is 0. The van der Waals surface area contributed by atoms with Gasteiger partial charge in [-0.15, -0.1) is 0 Å². The van der Waals surface area contributed by atoms with Crippen molar-refractivity contribution in [3.05, 3.63) is 29.8 Å². The van der Waals surface area contributed by atoms with E-state index in [9.17, 15) is 4.79 Å². The van der Waals surface area contributed by atoms with Crippen molar-refractivity contribution in [2.45, 2.75) is 31.9 Å². The summed E-state index contributed by atoms with van der Waals surface area (Å²) in [7, 11) is 1.79. The third kappa shape index (κ3) is 3.85. The molecule has 2 heterocycles. The minimum absolute atomic E-state index is 0.0799. The highest BCUT2D eigenvalue weighted by atomic mass is 16.5. The first-order valence-electron chi connectivity index (χ1n) is 8.40. The highest BCUT2D eigenvalue weighted by Gasteiger charge is 2.36.